The first kappa shape index (κ1) is 13.0. The summed E-state index contributed by atoms with van der Waals surface area (Å²) < 4.78 is 0. The van der Waals surface area contributed by atoms with Gasteiger partial charge in [0.05, 0.1) is 0 Å². The highest BCUT2D eigenvalue weighted by molar-refractivity contribution is 7.99. The molecule has 0 aliphatic carbocycles. The van der Waals surface area contributed by atoms with Gasteiger partial charge in [0.1, 0.15) is 0 Å². The van der Waals surface area contributed by atoms with Gasteiger partial charge >= 0.3 is 0 Å². The molecule has 0 bridgehead atoms. The first-order valence-corrected chi connectivity index (χ1v) is 6.56. The van der Waals surface area contributed by atoms with E-state index < -0.39 is 5.97 Å². The van der Waals surface area contributed by atoms with Crippen LogP contribution in [0, 0.1) is 0 Å². The summed E-state index contributed by atoms with van der Waals surface area (Å²) in [6, 6.07) is 14.8. The second kappa shape index (κ2) is 5.94. The minimum atomic E-state index is -1.07. The number of halogens is 1. The van der Waals surface area contributed by atoms with Crippen LogP contribution in [0.1, 0.15) is 5.56 Å². The summed E-state index contributed by atoms with van der Waals surface area (Å²) in [5.74, 6) is -1.07. The Morgan fingerprint density at radius 2 is 1.78 bits per heavy atom. The lowest BCUT2D eigenvalue weighted by atomic mass is 10.1. The minimum Gasteiger partial charge on any atom is -0.550 e. The number of carbonyl (C=O) groups is 1. The lowest BCUT2D eigenvalue weighted by Crippen LogP contribution is -2.24. The molecule has 0 fully saturated rings. The number of hydrogen-bond donors (Lipinski definition) is 0. The molecule has 2 rings (SSSR count). The molecule has 2 aromatic rings. The molecular formula is C14H10ClO2S-. The van der Waals surface area contributed by atoms with Crippen LogP contribution in [-0.4, -0.2) is 5.97 Å². The maximum Gasteiger partial charge on any atom is 0.0458 e. The van der Waals surface area contributed by atoms with Crippen molar-refractivity contribution >= 4 is 29.3 Å². The van der Waals surface area contributed by atoms with E-state index in [1.54, 1.807) is 6.07 Å². The molecule has 2 nitrogen and oxygen atoms in total. The fourth-order valence-electron chi connectivity index (χ4n) is 1.53. The van der Waals surface area contributed by atoms with Gasteiger partial charge in [0.2, 0.25) is 0 Å². The van der Waals surface area contributed by atoms with Crippen LogP contribution < -0.4 is 5.11 Å². The van der Waals surface area contributed by atoms with E-state index in [0.717, 1.165) is 15.4 Å². The van der Waals surface area contributed by atoms with Crippen molar-refractivity contribution in [2.24, 2.45) is 0 Å². The molecule has 0 atom stereocenters. The molecule has 0 amide bonds. The van der Waals surface area contributed by atoms with Crippen molar-refractivity contribution in [3.8, 4) is 0 Å². The highest BCUT2D eigenvalue weighted by Crippen LogP contribution is 2.31. The second-order valence-electron chi connectivity index (χ2n) is 3.71. The van der Waals surface area contributed by atoms with Crippen molar-refractivity contribution in [3.63, 3.8) is 0 Å². The van der Waals surface area contributed by atoms with E-state index in [-0.39, 0.29) is 6.42 Å². The summed E-state index contributed by atoms with van der Waals surface area (Å²) in [6.45, 7) is 0. The van der Waals surface area contributed by atoms with Crippen LogP contribution in [0.25, 0.3) is 0 Å². The Kier molecular flexibility index (Phi) is 4.28. The van der Waals surface area contributed by atoms with Gasteiger partial charge in [0, 0.05) is 27.2 Å². The zero-order valence-corrected chi connectivity index (χ0v) is 11.0. The van der Waals surface area contributed by atoms with Crippen LogP contribution in [0.4, 0.5) is 0 Å². The molecule has 0 N–H and O–H groups in total. The van der Waals surface area contributed by atoms with E-state index in [0.29, 0.717) is 5.02 Å². The van der Waals surface area contributed by atoms with Gasteiger partial charge in [-0.1, -0.05) is 41.6 Å². The van der Waals surface area contributed by atoms with E-state index in [1.165, 1.54) is 11.8 Å². The summed E-state index contributed by atoms with van der Waals surface area (Å²) in [5.41, 5.74) is 0.762. The zero-order valence-electron chi connectivity index (χ0n) is 9.43. The Labute approximate surface area is 115 Å². The third kappa shape index (κ3) is 3.52. The molecule has 0 aromatic heterocycles. The van der Waals surface area contributed by atoms with Gasteiger partial charge in [-0.25, -0.2) is 0 Å². The number of aliphatic carboxylic acids is 1. The van der Waals surface area contributed by atoms with E-state index in [2.05, 4.69) is 0 Å². The molecule has 0 radical (unpaired) electrons. The van der Waals surface area contributed by atoms with Crippen molar-refractivity contribution in [1.29, 1.82) is 0 Å². The first-order chi connectivity index (χ1) is 8.65. The smallest absolute Gasteiger partial charge is 0.0458 e. The van der Waals surface area contributed by atoms with Gasteiger partial charge < -0.3 is 9.90 Å². The highest BCUT2D eigenvalue weighted by Gasteiger charge is 2.04. The van der Waals surface area contributed by atoms with Gasteiger partial charge in [-0.15, -0.1) is 0 Å². The normalized spacial score (nSPS) is 10.3. The molecule has 4 heteroatoms. The van der Waals surface area contributed by atoms with E-state index >= 15 is 0 Å². The maximum absolute atomic E-state index is 10.7. The van der Waals surface area contributed by atoms with Crippen LogP contribution in [0.15, 0.2) is 58.3 Å². The van der Waals surface area contributed by atoms with Gasteiger partial charge in [-0.05, 0) is 35.9 Å². The SMILES string of the molecule is O=C([O-])Cc1ccccc1Sc1ccc(Cl)cc1. The molecule has 0 saturated heterocycles. The van der Waals surface area contributed by atoms with Gasteiger partial charge in [0.25, 0.3) is 0 Å². The Bertz CT molecular complexity index is 552. The van der Waals surface area contributed by atoms with E-state index in [9.17, 15) is 9.90 Å². The summed E-state index contributed by atoms with van der Waals surface area (Å²) >= 11 is 7.33. The second-order valence-corrected chi connectivity index (χ2v) is 5.26. The monoisotopic (exact) mass is 277 g/mol. The zero-order chi connectivity index (χ0) is 13.0. The number of hydrogen-bond acceptors (Lipinski definition) is 3. The first-order valence-electron chi connectivity index (χ1n) is 5.36. The Morgan fingerprint density at radius 3 is 2.44 bits per heavy atom. The molecule has 0 aliphatic heterocycles. The quantitative estimate of drug-likeness (QED) is 0.863. The molecule has 0 unspecified atom stereocenters. The summed E-state index contributed by atoms with van der Waals surface area (Å²) in [7, 11) is 0. The summed E-state index contributed by atoms with van der Waals surface area (Å²) in [6.07, 6.45) is -0.0727. The largest absolute Gasteiger partial charge is 0.550 e. The van der Waals surface area contributed by atoms with Crippen molar-refractivity contribution in [2.75, 3.05) is 0 Å². The Hall–Kier alpha value is -1.45. The van der Waals surface area contributed by atoms with Crippen LogP contribution in [-0.2, 0) is 11.2 Å². The summed E-state index contributed by atoms with van der Waals surface area (Å²) in [5, 5.41) is 11.4. The minimum absolute atomic E-state index is 0.0727. The lowest BCUT2D eigenvalue weighted by molar-refractivity contribution is -0.304. The topological polar surface area (TPSA) is 40.1 Å². The van der Waals surface area contributed by atoms with Crippen molar-refractivity contribution < 1.29 is 9.90 Å². The number of rotatable bonds is 4. The molecule has 0 saturated carbocycles. The number of carboxylic acid groups (broad SMARTS) is 1. The fourth-order valence-corrected chi connectivity index (χ4v) is 2.60. The van der Waals surface area contributed by atoms with Gasteiger partial charge in [-0.2, -0.15) is 0 Å². The molecule has 0 aliphatic rings. The van der Waals surface area contributed by atoms with Crippen LogP contribution in [0.3, 0.4) is 0 Å². The predicted octanol–water partition coefficient (Wildman–Crippen LogP) is 2.78. The lowest BCUT2D eigenvalue weighted by Gasteiger charge is -2.09. The van der Waals surface area contributed by atoms with Crippen LogP contribution >= 0.6 is 23.4 Å². The molecular weight excluding hydrogens is 268 g/mol. The molecule has 0 spiro atoms. The Balaban J connectivity index is 2.23. The van der Waals surface area contributed by atoms with Crippen molar-refractivity contribution in [3.05, 3.63) is 59.1 Å². The fraction of sp³-hybridized carbons (Fsp3) is 0.0714. The molecule has 18 heavy (non-hydrogen) atoms. The standard InChI is InChI=1S/C14H11ClO2S/c15-11-5-7-12(8-6-11)18-13-4-2-1-3-10(13)9-14(16)17/h1-8H,9H2,(H,16,17)/p-1. The third-order valence-corrected chi connectivity index (χ3v) is 3.73. The van der Waals surface area contributed by atoms with E-state index in [4.69, 9.17) is 11.6 Å². The van der Waals surface area contributed by atoms with Gasteiger partial charge in [-0.3, -0.25) is 0 Å². The number of carboxylic acids is 1. The molecule has 2 aromatic carbocycles. The number of benzene rings is 2. The average molecular weight is 278 g/mol. The third-order valence-electron chi connectivity index (χ3n) is 2.35. The predicted molar refractivity (Wildman–Crippen MR) is 70.7 cm³/mol. The average Bonchev–Trinajstić information content (AvgIpc) is 2.34. The number of carbonyl (C=O) groups excluding carboxylic acids is 1. The van der Waals surface area contributed by atoms with Gasteiger partial charge in [0.15, 0.2) is 0 Å². The highest BCUT2D eigenvalue weighted by atomic mass is 35.5. The molecule has 0 heterocycles. The van der Waals surface area contributed by atoms with Crippen molar-refractivity contribution in [2.45, 2.75) is 16.2 Å². The van der Waals surface area contributed by atoms with Crippen molar-refractivity contribution in [1.82, 2.24) is 0 Å². The maximum atomic E-state index is 10.7. The Morgan fingerprint density at radius 1 is 1.11 bits per heavy atom. The van der Waals surface area contributed by atoms with Crippen LogP contribution in [0.2, 0.25) is 5.02 Å². The molecule has 92 valence electrons. The van der Waals surface area contributed by atoms with Crippen LogP contribution in [0.5, 0.6) is 0 Å². The summed E-state index contributed by atoms with van der Waals surface area (Å²) in [4.78, 5) is 12.6. The van der Waals surface area contributed by atoms with E-state index in [1.807, 2.05) is 42.5 Å².